The third-order valence-electron chi connectivity index (χ3n) is 1.34. The summed E-state index contributed by atoms with van der Waals surface area (Å²) in [5, 5.41) is 7.56. The van der Waals surface area contributed by atoms with Gasteiger partial charge in [-0.15, -0.1) is 0 Å². The van der Waals surface area contributed by atoms with E-state index in [0.29, 0.717) is 0 Å². The molecule has 0 aliphatic rings. The van der Waals surface area contributed by atoms with E-state index >= 15 is 0 Å². The van der Waals surface area contributed by atoms with E-state index in [-0.39, 0.29) is 0 Å². The molecule has 0 aromatic carbocycles. The van der Waals surface area contributed by atoms with Crippen LogP contribution in [0.25, 0.3) is 0 Å². The lowest BCUT2D eigenvalue weighted by atomic mass is 10.2. The zero-order chi connectivity index (χ0) is 9.40. The van der Waals surface area contributed by atoms with Crippen molar-refractivity contribution in [2.45, 2.75) is 26.7 Å². The number of rotatable bonds is 5. The standard InChI is InChI=1S/C8H16N2O2/c1-7(9-11-3)5-6-8(2)10-12-4/h5-6H2,1-4H3/b9-7-,10-8-. The molecule has 0 N–H and O–H groups in total. The van der Waals surface area contributed by atoms with Gasteiger partial charge in [-0.2, -0.15) is 0 Å². The molecule has 12 heavy (non-hydrogen) atoms. The topological polar surface area (TPSA) is 43.2 Å². The van der Waals surface area contributed by atoms with Crippen LogP contribution in [0, 0.1) is 0 Å². The molecule has 0 aromatic rings. The summed E-state index contributed by atoms with van der Waals surface area (Å²) in [6.07, 6.45) is 1.71. The summed E-state index contributed by atoms with van der Waals surface area (Å²) in [6, 6.07) is 0. The second-order valence-corrected chi connectivity index (χ2v) is 2.52. The summed E-state index contributed by atoms with van der Waals surface area (Å²) in [5.41, 5.74) is 1.92. The first-order valence-corrected chi connectivity index (χ1v) is 3.84. The van der Waals surface area contributed by atoms with Crippen molar-refractivity contribution in [2.24, 2.45) is 10.3 Å². The highest BCUT2D eigenvalue weighted by molar-refractivity contribution is 5.88. The van der Waals surface area contributed by atoms with Gasteiger partial charge in [0.1, 0.15) is 14.2 Å². The monoisotopic (exact) mass is 172 g/mol. The molecule has 70 valence electrons. The van der Waals surface area contributed by atoms with Crippen molar-refractivity contribution in [3.63, 3.8) is 0 Å². The lowest BCUT2D eigenvalue weighted by Crippen LogP contribution is -1.98. The highest BCUT2D eigenvalue weighted by Gasteiger charge is 1.95. The van der Waals surface area contributed by atoms with Crippen molar-refractivity contribution in [2.75, 3.05) is 14.2 Å². The number of hydrogen-bond acceptors (Lipinski definition) is 4. The van der Waals surface area contributed by atoms with Crippen molar-refractivity contribution in [3.05, 3.63) is 0 Å². The normalized spacial score (nSPS) is 13.0. The Morgan fingerprint density at radius 3 is 1.50 bits per heavy atom. The zero-order valence-electron chi connectivity index (χ0n) is 8.13. The van der Waals surface area contributed by atoms with Crippen LogP contribution in [0.1, 0.15) is 26.7 Å². The Labute approximate surface area is 73.2 Å². The molecular weight excluding hydrogens is 156 g/mol. The Balaban J connectivity index is 3.68. The van der Waals surface area contributed by atoms with Crippen LogP contribution in [0.15, 0.2) is 10.3 Å². The average molecular weight is 172 g/mol. The van der Waals surface area contributed by atoms with Gasteiger partial charge < -0.3 is 9.68 Å². The van der Waals surface area contributed by atoms with E-state index in [1.807, 2.05) is 13.8 Å². The maximum absolute atomic E-state index is 4.61. The van der Waals surface area contributed by atoms with Gasteiger partial charge >= 0.3 is 0 Å². The van der Waals surface area contributed by atoms with Crippen LogP contribution in [0.5, 0.6) is 0 Å². The fraction of sp³-hybridized carbons (Fsp3) is 0.750. The van der Waals surface area contributed by atoms with Crippen LogP contribution >= 0.6 is 0 Å². The molecule has 0 spiro atoms. The summed E-state index contributed by atoms with van der Waals surface area (Å²) in [6.45, 7) is 3.84. The van der Waals surface area contributed by atoms with Gasteiger partial charge in [-0.25, -0.2) is 0 Å². The Kier molecular flexibility index (Phi) is 6.05. The SMILES string of the molecule is CO/N=C(/C)CC/C(C)=N\OC. The van der Waals surface area contributed by atoms with E-state index in [2.05, 4.69) is 20.0 Å². The smallest absolute Gasteiger partial charge is 0.106 e. The van der Waals surface area contributed by atoms with Crippen LogP contribution in [0.2, 0.25) is 0 Å². The Morgan fingerprint density at radius 2 is 1.25 bits per heavy atom. The summed E-state index contributed by atoms with van der Waals surface area (Å²) in [7, 11) is 3.08. The van der Waals surface area contributed by atoms with E-state index in [9.17, 15) is 0 Å². The summed E-state index contributed by atoms with van der Waals surface area (Å²) >= 11 is 0. The molecule has 0 heterocycles. The molecule has 0 saturated heterocycles. The first-order chi connectivity index (χ1) is 5.70. The van der Waals surface area contributed by atoms with Gasteiger partial charge in [-0.05, 0) is 26.7 Å². The van der Waals surface area contributed by atoms with Crippen LogP contribution in [-0.4, -0.2) is 25.6 Å². The second-order valence-electron chi connectivity index (χ2n) is 2.52. The van der Waals surface area contributed by atoms with Gasteiger partial charge in [-0.1, -0.05) is 10.3 Å². The van der Waals surface area contributed by atoms with Crippen molar-refractivity contribution in [1.29, 1.82) is 0 Å². The molecular formula is C8H16N2O2. The van der Waals surface area contributed by atoms with E-state index < -0.39 is 0 Å². The Morgan fingerprint density at radius 1 is 0.917 bits per heavy atom. The van der Waals surface area contributed by atoms with E-state index in [4.69, 9.17) is 0 Å². The highest BCUT2D eigenvalue weighted by Crippen LogP contribution is 1.96. The molecule has 0 aromatic heterocycles. The average Bonchev–Trinajstić information content (AvgIpc) is 2.02. The minimum absolute atomic E-state index is 0.854. The minimum atomic E-state index is 0.854. The Bertz CT molecular complexity index is 156. The predicted molar refractivity (Wildman–Crippen MR) is 49.5 cm³/mol. The fourth-order valence-electron chi connectivity index (χ4n) is 0.765. The van der Waals surface area contributed by atoms with Crippen molar-refractivity contribution in [1.82, 2.24) is 0 Å². The second kappa shape index (κ2) is 6.64. The molecule has 4 heteroatoms. The summed E-state index contributed by atoms with van der Waals surface area (Å²) < 4.78 is 0. The predicted octanol–water partition coefficient (Wildman–Crippen LogP) is 1.81. The largest absolute Gasteiger partial charge is 0.399 e. The van der Waals surface area contributed by atoms with Crippen molar-refractivity contribution < 1.29 is 9.68 Å². The van der Waals surface area contributed by atoms with Gasteiger partial charge in [0.25, 0.3) is 0 Å². The molecule has 0 rings (SSSR count). The summed E-state index contributed by atoms with van der Waals surface area (Å²) in [5.74, 6) is 0. The maximum atomic E-state index is 4.61. The van der Waals surface area contributed by atoms with Gasteiger partial charge in [0.2, 0.25) is 0 Å². The van der Waals surface area contributed by atoms with E-state index in [1.54, 1.807) is 14.2 Å². The molecule has 0 aliphatic heterocycles. The molecule has 0 radical (unpaired) electrons. The van der Waals surface area contributed by atoms with Crippen molar-refractivity contribution >= 4 is 11.4 Å². The molecule has 0 amide bonds. The number of hydrogen-bond donors (Lipinski definition) is 0. The van der Waals surface area contributed by atoms with Gasteiger partial charge in [0, 0.05) is 0 Å². The number of nitrogens with zero attached hydrogens (tertiary/aromatic N) is 2. The van der Waals surface area contributed by atoms with E-state index in [0.717, 1.165) is 24.3 Å². The van der Waals surface area contributed by atoms with Crippen LogP contribution in [0.3, 0.4) is 0 Å². The molecule has 0 unspecified atom stereocenters. The van der Waals surface area contributed by atoms with Gasteiger partial charge in [0.15, 0.2) is 0 Å². The molecule has 0 atom stereocenters. The first kappa shape index (κ1) is 10.9. The molecule has 0 bridgehead atoms. The molecule has 0 aliphatic carbocycles. The third-order valence-corrected chi connectivity index (χ3v) is 1.34. The highest BCUT2D eigenvalue weighted by atomic mass is 16.6. The van der Waals surface area contributed by atoms with Crippen LogP contribution < -0.4 is 0 Å². The lowest BCUT2D eigenvalue weighted by molar-refractivity contribution is 0.211. The first-order valence-electron chi connectivity index (χ1n) is 3.84. The zero-order valence-corrected chi connectivity index (χ0v) is 8.13. The van der Waals surface area contributed by atoms with Gasteiger partial charge in [-0.3, -0.25) is 0 Å². The molecule has 4 nitrogen and oxygen atoms in total. The Hall–Kier alpha value is -1.06. The lowest BCUT2D eigenvalue weighted by Gasteiger charge is -1.98. The quantitative estimate of drug-likeness (QED) is 0.469. The van der Waals surface area contributed by atoms with E-state index in [1.165, 1.54) is 0 Å². The summed E-state index contributed by atoms with van der Waals surface area (Å²) in [4.78, 5) is 9.23. The van der Waals surface area contributed by atoms with Gasteiger partial charge in [0.05, 0.1) is 11.4 Å². The maximum Gasteiger partial charge on any atom is 0.106 e. The molecule has 0 saturated carbocycles. The minimum Gasteiger partial charge on any atom is -0.399 e. The number of oxime groups is 2. The van der Waals surface area contributed by atoms with Crippen molar-refractivity contribution in [3.8, 4) is 0 Å². The van der Waals surface area contributed by atoms with Crippen LogP contribution in [0.4, 0.5) is 0 Å². The third kappa shape index (κ3) is 5.70. The fourth-order valence-corrected chi connectivity index (χ4v) is 0.765. The molecule has 0 fully saturated rings. The van der Waals surface area contributed by atoms with Crippen LogP contribution in [-0.2, 0) is 9.68 Å².